The first-order chi connectivity index (χ1) is 27.3. The number of hydrogen-bond acceptors (Lipinski definition) is 3. The average Bonchev–Trinajstić information content (AvgIpc) is 3.83. The topological polar surface area (TPSA) is 3.24 Å². The fourth-order valence-electron chi connectivity index (χ4n) is 8.23. The van der Waals surface area contributed by atoms with Gasteiger partial charge in [-0.25, -0.2) is 0 Å². The summed E-state index contributed by atoms with van der Waals surface area (Å²) in [6, 6.07) is 73.3. The van der Waals surface area contributed by atoms with Gasteiger partial charge < -0.3 is 4.90 Å². The fourth-order valence-corrected chi connectivity index (χ4v) is 10.7. The van der Waals surface area contributed by atoms with Crippen molar-refractivity contribution in [1.29, 1.82) is 0 Å². The summed E-state index contributed by atoms with van der Waals surface area (Å²) < 4.78 is 5.25. The van der Waals surface area contributed by atoms with E-state index in [1.165, 1.54) is 90.2 Å². The molecule has 258 valence electrons. The number of anilines is 3. The maximum atomic E-state index is 2.44. The third kappa shape index (κ3) is 5.43. The van der Waals surface area contributed by atoms with Gasteiger partial charge in [-0.3, -0.25) is 0 Å². The maximum absolute atomic E-state index is 2.44. The van der Waals surface area contributed by atoms with Crippen molar-refractivity contribution in [3.63, 3.8) is 0 Å². The lowest BCUT2D eigenvalue weighted by atomic mass is 9.98. The first-order valence-corrected chi connectivity index (χ1v) is 20.3. The van der Waals surface area contributed by atoms with E-state index in [-0.39, 0.29) is 0 Å². The molecule has 55 heavy (non-hydrogen) atoms. The molecule has 2 heterocycles. The molecule has 3 heteroatoms. The molecule has 0 unspecified atom stereocenters. The molecule has 1 nitrogen and oxygen atoms in total. The molecule has 0 radical (unpaired) electrons. The van der Waals surface area contributed by atoms with E-state index in [9.17, 15) is 0 Å². The lowest BCUT2D eigenvalue weighted by molar-refractivity contribution is 1.30. The molecule has 11 rings (SSSR count). The molecule has 0 saturated carbocycles. The predicted octanol–water partition coefficient (Wildman–Crippen LogP) is 16.0. The molecule has 0 atom stereocenters. The van der Waals surface area contributed by atoms with E-state index in [1.54, 1.807) is 0 Å². The van der Waals surface area contributed by atoms with Crippen molar-refractivity contribution in [2.75, 3.05) is 4.90 Å². The summed E-state index contributed by atoms with van der Waals surface area (Å²) in [4.78, 5) is 2.44. The average molecular weight is 736 g/mol. The highest BCUT2D eigenvalue weighted by Gasteiger charge is 2.20. The Morgan fingerprint density at radius 3 is 1.69 bits per heavy atom. The van der Waals surface area contributed by atoms with Gasteiger partial charge in [-0.05, 0) is 92.7 Å². The molecule has 0 N–H and O–H groups in total. The first-order valence-electron chi connectivity index (χ1n) is 18.7. The lowest BCUT2D eigenvalue weighted by Gasteiger charge is -2.26. The van der Waals surface area contributed by atoms with Crippen LogP contribution >= 0.6 is 22.7 Å². The second-order valence-electron chi connectivity index (χ2n) is 14.1. The number of rotatable bonds is 6. The van der Waals surface area contributed by atoms with Gasteiger partial charge >= 0.3 is 0 Å². The Morgan fingerprint density at radius 1 is 0.309 bits per heavy atom. The zero-order chi connectivity index (χ0) is 36.3. The summed E-state index contributed by atoms with van der Waals surface area (Å²) in [6.07, 6.45) is 0. The Balaban J connectivity index is 1.06. The summed E-state index contributed by atoms with van der Waals surface area (Å²) in [5.41, 5.74) is 10.8. The molecular formula is C52H33NS2. The molecule has 0 bridgehead atoms. The van der Waals surface area contributed by atoms with Crippen LogP contribution in [0.5, 0.6) is 0 Å². The fraction of sp³-hybridized carbons (Fsp3) is 0. The highest BCUT2D eigenvalue weighted by molar-refractivity contribution is 7.27. The van der Waals surface area contributed by atoms with Gasteiger partial charge in [-0.2, -0.15) is 0 Å². The van der Waals surface area contributed by atoms with Crippen LogP contribution in [0.4, 0.5) is 17.1 Å². The maximum Gasteiger partial charge on any atom is 0.0640 e. The molecule has 9 aromatic carbocycles. The molecule has 0 amide bonds. The smallest absolute Gasteiger partial charge is 0.0640 e. The number of hydrogen-bond donors (Lipinski definition) is 0. The van der Waals surface area contributed by atoms with Crippen molar-refractivity contribution in [3.8, 4) is 33.4 Å². The molecule has 0 aliphatic heterocycles. The van der Waals surface area contributed by atoms with Crippen LogP contribution in [-0.2, 0) is 0 Å². The van der Waals surface area contributed by atoms with Crippen molar-refractivity contribution in [1.82, 2.24) is 0 Å². The van der Waals surface area contributed by atoms with Gasteiger partial charge in [0.1, 0.15) is 0 Å². The second kappa shape index (κ2) is 13.1. The van der Waals surface area contributed by atoms with E-state index in [2.05, 4.69) is 205 Å². The summed E-state index contributed by atoms with van der Waals surface area (Å²) in [7, 11) is 0. The van der Waals surface area contributed by atoms with Crippen LogP contribution in [0.2, 0.25) is 0 Å². The van der Waals surface area contributed by atoms with Crippen LogP contribution in [0.1, 0.15) is 0 Å². The Hall–Kier alpha value is -6.52. The molecule has 0 saturated heterocycles. The van der Waals surface area contributed by atoms with E-state index in [1.807, 2.05) is 22.7 Å². The van der Waals surface area contributed by atoms with Gasteiger partial charge in [0.05, 0.1) is 10.4 Å². The standard InChI is InChI=1S/C52H33NS2/c1-2-11-36(12-3-1)43-18-9-19-45-46-20-10-21-48(52(46)55-51(43)45)53(40-30-25-37(26-31-40)42-17-8-14-35-13-4-5-15-41(35)42)39-28-23-34(24-29-39)38-27-32-50-47(33-38)44-16-6-7-22-49(44)54-50/h1-33H. The minimum Gasteiger partial charge on any atom is -0.309 e. The molecule has 0 fully saturated rings. The predicted molar refractivity (Wildman–Crippen MR) is 241 cm³/mol. The van der Waals surface area contributed by atoms with Gasteiger partial charge in [0.15, 0.2) is 0 Å². The third-order valence-corrected chi connectivity index (χ3v) is 13.3. The van der Waals surface area contributed by atoms with Gasteiger partial charge in [-0.15, -0.1) is 22.7 Å². The minimum atomic E-state index is 1.12. The van der Waals surface area contributed by atoms with Crippen molar-refractivity contribution >= 4 is 90.9 Å². The third-order valence-electron chi connectivity index (χ3n) is 10.9. The van der Waals surface area contributed by atoms with Gasteiger partial charge in [-0.1, -0.05) is 152 Å². The molecule has 2 aromatic heterocycles. The number of benzene rings is 9. The zero-order valence-corrected chi connectivity index (χ0v) is 31.4. The summed E-state index contributed by atoms with van der Waals surface area (Å²) in [6.45, 7) is 0. The number of fused-ring (bicyclic) bond motifs is 7. The van der Waals surface area contributed by atoms with Crippen molar-refractivity contribution < 1.29 is 0 Å². The van der Waals surface area contributed by atoms with Crippen LogP contribution in [0.15, 0.2) is 200 Å². The monoisotopic (exact) mass is 735 g/mol. The number of thiophene rings is 2. The Morgan fingerprint density at radius 2 is 0.873 bits per heavy atom. The largest absolute Gasteiger partial charge is 0.309 e. The van der Waals surface area contributed by atoms with Crippen molar-refractivity contribution in [3.05, 3.63) is 200 Å². The Bertz CT molecular complexity index is 3180. The molecular weight excluding hydrogens is 703 g/mol. The highest BCUT2D eigenvalue weighted by atomic mass is 32.1. The molecule has 11 aromatic rings. The van der Waals surface area contributed by atoms with Crippen LogP contribution in [0.25, 0.3) is 84.5 Å². The molecule has 0 aliphatic rings. The number of nitrogens with zero attached hydrogens (tertiary/aromatic N) is 1. The normalized spacial score (nSPS) is 11.6. The van der Waals surface area contributed by atoms with Gasteiger partial charge in [0.2, 0.25) is 0 Å². The lowest BCUT2D eigenvalue weighted by Crippen LogP contribution is -2.10. The van der Waals surface area contributed by atoms with E-state index in [4.69, 9.17) is 0 Å². The Labute approximate surface area is 327 Å². The summed E-state index contributed by atoms with van der Waals surface area (Å²) in [5, 5.41) is 7.74. The van der Waals surface area contributed by atoms with Crippen LogP contribution in [0, 0.1) is 0 Å². The summed E-state index contributed by atoms with van der Waals surface area (Å²) >= 11 is 3.75. The van der Waals surface area contributed by atoms with E-state index in [0.29, 0.717) is 0 Å². The molecule has 0 spiro atoms. The van der Waals surface area contributed by atoms with Gasteiger partial charge in [0, 0.05) is 47.0 Å². The SMILES string of the molecule is c1ccc(-c2cccc3c2sc2c(N(c4ccc(-c5ccc6sc7ccccc7c6c5)cc4)c4ccc(-c5cccc6ccccc56)cc4)cccc23)cc1. The second-order valence-corrected chi connectivity index (χ2v) is 16.2. The minimum absolute atomic E-state index is 1.12. The van der Waals surface area contributed by atoms with Crippen molar-refractivity contribution in [2.24, 2.45) is 0 Å². The van der Waals surface area contributed by atoms with Crippen molar-refractivity contribution in [2.45, 2.75) is 0 Å². The van der Waals surface area contributed by atoms with Crippen LogP contribution in [-0.4, -0.2) is 0 Å². The van der Waals surface area contributed by atoms with Crippen LogP contribution in [0.3, 0.4) is 0 Å². The van der Waals surface area contributed by atoms with Crippen LogP contribution < -0.4 is 4.90 Å². The first kappa shape index (κ1) is 32.0. The Kier molecular flexibility index (Phi) is 7.61. The van der Waals surface area contributed by atoms with Gasteiger partial charge in [0.25, 0.3) is 0 Å². The van der Waals surface area contributed by atoms with E-state index in [0.717, 1.165) is 11.4 Å². The zero-order valence-electron chi connectivity index (χ0n) is 29.8. The van der Waals surface area contributed by atoms with E-state index >= 15 is 0 Å². The van der Waals surface area contributed by atoms with E-state index < -0.39 is 0 Å². The quantitative estimate of drug-likeness (QED) is 0.164. The highest BCUT2D eigenvalue weighted by Crippen LogP contribution is 2.47. The molecule has 0 aliphatic carbocycles. The summed E-state index contributed by atoms with van der Waals surface area (Å²) in [5.74, 6) is 0.